The van der Waals surface area contributed by atoms with Crippen molar-refractivity contribution in [2.24, 2.45) is 0 Å². The summed E-state index contributed by atoms with van der Waals surface area (Å²) in [5.41, 5.74) is 0.537. The number of halogens is 4. The Hall–Kier alpha value is -3.02. The Kier molecular flexibility index (Phi) is 8.97. The minimum atomic E-state index is -4.25. The standard InChI is InChI=1S/C28H29F4O2/c1-3-5-7-9-21-12-16-23(17-13-21)34-28(31,32)26-24(29)18-19-25(27(26)30)33-22-14-10-20(11-15-22)8-6-4-2/h10-18H,3-9H2,1-2H3. The van der Waals surface area contributed by atoms with Crippen molar-refractivity contribution in [3.05, 3.63) is 89.0 Å². The summed E-state index contributed by atoms with van der Waals surface area (Å²) in [5.74, 6) is -3.62. The Balaban J connectivity index is 1.76. The zero-order valence-corrected chi connectivity index (χ0v) is 19.5. The number of rotatable bonds is 12. The molecule has 0 bridgehead atoms. The van der Waals surface area contributed by atoms with Gasteiger partial charge in [0, 0.05) is 6.07 Å². The maximum atomic E-state index is 14.9. The molecule has 0 saturated carbocycles. The summed E-state index contributed by atoms with van der Waals surface area (Å²) in [7, 11) is 0. The molecule has 2 nitrogen and oxygen atoms in total. The van der Waals surface area contributed by atoms with Crippen LogP contribution in [0.1, 0.15) is 62.6 Å². The topological polar surface area (TPSA) is 18.5 Å². The maximum Gasteiger partial charge on any atom is 0.432 e. The molecule has 0 amide bonds. The molecule has 0 aliphatic carbocycles. The van der Waals surface area contributed by atoms with Crippen molar-refractivity contribution in [2.45, 2.75) is 64.9 Å². The van der Waals surface area contributed by atoms with E-state index in [-0.39, 0.29) is 11.5 Å². The third-order valence-electron chi connectivity index (χ3n) is 5.48. The van der Waals surface area contributed by atoms with Crippen LogP contribution in [0.25, 0.3) is 0 Å². The van der Waals surface area contributed by atoms with Crippen LogP contribution in [0.4, 0.5) is 17.6 Å². The average molecular weight is 474 g/mol. The van der Waals surface area contributed by atoms with E-state index in [1.807, 2.05) is 12.1 Å². The lowest BCUT2D eigenvalue weighted by molar-refractivity contribution is -0.189. The fourth-order valence-corrected chi connectivity index (χ4v) is 3.55. The fourth-order valence-electron chi connectivity index (χ4n) is 3.55. The zero-order valence-electron chi connectivity index (χ0n) is 19.5. The number of benzene rings is 3. The second-order valence-corrected chi connectivity index (χ2v) is 8.22. The lowest BCUT2D eigenvalue weighted by atomic mass is 10.1. The summed E-state index contributed by atoms with van der Waals surface area (Å²) in [6, 6.07) is 15.8. The highest BCUT2D eigenvalue weighted by molar-refractivity contribution is 5.38. The van der Waals surface area contributed by atoms with Crippen molar-refractivity contribution in [1.29, 1.82) is 0 Å². The van der Waals surface area contributed by atoms with Gasteiger partial charge in [-0.15, -0.1) is 0 Å². The third kappa shape index (κ3) is 6.75. The van der Waals surface area contributed by atoms with Gasteiger partial charge in [0.15, 0.2) is 11.6 Å². The molecule has 0 atom stereocenters. The average Bonchev–Trinajstić information content (AvgIpc) is 2.81. The van der Waals surface area contributed by atoms with Crippen LogP contribution < -0.4 is 9.47 Å². The minimum Gasteiger partial charge on any atom is -0.454 e. The summed E-state index contributed by atoms with van der Waals surface area (Å²) < 4.78 is 69.0. The van der Waals surface area contributed by atoms with E-state index in [1.54, 1.807) is 24.3 Å². The van der Waals surface area contributed by atoms with Gasteiger partial charge in [-0.1, -0.05) is 57.4 Å². The van der Waals surface area contributed by atoms with Crippen LogP contribution in [0.5, 0.6) is 17.2 Å². The van der Waals surface area contributed by atoms with Crippen molar-refractivity contribution in [3.8, 4) is 17.2 Å². The Morgan fingerprint density at radius 3 is 1.91 bits per heavy atom. The molecule has 0 aromatic heterocycles. The first-order chi connectivity index (χ1) is 16.3. The largest absolute Gasteiger partial charge is 0.454 e. The highest BCUT2D eigenvalue weighted by Crippen LogP contribution is 2.38. The molecule has 0 saturated heterocycles. The highest BCUT2D eigenvalue weighted by atomic mass is 19.3. The van der Waals surface area contributed by atoms with Crippen molar-refractivity contribution in [3.63, 3.8) is 0 Å². The van der Waals surface area contributed by atoms with Gasteiger partial charge in [0.2, 0.25) is 0 Å². The van der Waals surface area contributed by atoms with Gasteiger partial charge in [0.05, 0.1) is 0 Å². The molecule has 0 aliphatic heterocycles. The van der Waals surface area contributed by atoms with Gasteiger partial charge in [-0.25, -0.2) is 8.78 Å². The molecular weight excluding hydrogens is 444 g/mol. The number of aryl methyl sites for hydroxylation is 2. The van der Waals surface area contributed by atoms with Gasteiger partial charge in [0.25, 0.3) is 0 Å². The lowest BCUT2D eigenvalue weighted by Gasteiger charge is -2.20. The first-order valence-electron chi connectivity index (χ1n) is 11.7. The van der Waals surface area contributed by atoms with Crippen LogP contribution in [-0.2, 0) is 19.0 Å². The fraction of sp³-hybridized carbons (Fsp3) is 0.357. The van der Waals surface area contributed by atoms with Crippen LogP contribution in [0, 0.1) is 17.7 Å². The first-order valence-corrected chi connectivity index (χ1v) is 11.7. The van der Waals surface area contributed by atoms with Crippen LogP contribution in [0.2, 0.25) is 0 Å². The maximum absolute atomic E-state index is 14.9. The van der Waals surface area contributed by atoms with E-state index in [1.165, 1.54) is 12.1 Å². The Morgan fingerprint density at radius 2 is 1.32 bits per heavy atom. The van der Waals surface area contributed by atoms with E-state index in [0.29, 0.717) is 6.07 Å². The summed E-state index contributed by atoms with van der Waals surface area (Å²) in [6.07, 6.45) is 2.69. The van der Waals surface area contributed by atoms with E-state index in [4.69, 9.17) is 9.47 Å². The van der Waals surface area contributed by atoms with E-state index in [2.05, 4.69) is 19.9 Å². The summed E-state index contributed by atoms with van der Waals surface area (Å²) >= 11 is 0. The molecular formula is C28H29F4O2. The predicted octanol–water partition coefficient (Wildman–Crippen LogP) is 8.76. The number of alkyl halides is 2. The van der Waals surface area contributed by atoms with Gasteiger partial charge in [-0.3, -0.25) is 0 Å². The summed E-state index contributed by atoms with van der Waals surface area (Å²) in [4.78, 5) is 0. The van der Waals surface area contributed by atoms with Crippen LogP contribution in [0.3, 0.4) is 0 Å². The Labute approximate surface area is 198 Å². The number of unbranched alkanes of at least 4 members (excludes halogenated alkanes) is 3. The van der Waals surface area contributed by atoms with E-state index in [0.717, 1.165) is 56.1 Å². The summed E-state index contributed by atoms with van der Waals surface area (Å²) in [6.45, 7) is 4.19. The van der Waals surface area contributed by atoms with Crippen molar-refractivity contribution in [1.82, 2.24) is 0 Å². The number of hydrogen-bond donors (Lipinski definition) is 0. The van der Waals surface area contributed by atoms with Crippen molar-refractivity contribution in [2.75, 3.05) is 0 Å². The van der Waals surface area contributed by atoms with Crippen LogP contribution in [0.15, 0.2) is 54.6 Å². The second kappa shape index (κ2) is 11.9. The van der Waals surface area contributed by atoms with Gasteiger partial charge in [0.1, 0.15) is 22.9 Å². The molecule has 3 aromatic carbocycles. The van der Waals surface area contributed by atoms with E-state index >= 15 is 0 Å². The monoisotopic (exact) mass is 473 g/mol. The molecule has 0 N–H and O–H groups in total. The third-order valence-corrected chi connectivity index (χ3v) is 5.48. The van der Waals surface area contributed by atoms with Crippen molar-refractivity contribution < 1.29 is 27.0 Å². The number of ether oxygens (including phenoxy) is 2. The van der Waals surface area contributed by atoms with E-state index in [9.17, 15) is 17.6 Å². The molecule has 0 spiro atoms. The van der Waals surface area contributed by atoms with Crippen molar-refractivity contribution >= 4 is 0 Å². The quantitative estimate of drug-likeness (QED) is 0.193. The highest BCUT2D eigenvalue weighted by Gasteiger charge is 2.42. The molecule has 0 fully saturated rings. The molecule has 0 heterocycles. The minimum absolute atomic E-state index is 0.194. The SMILES string of the molecule is CCCCCc1ccc(OC(F)(F)c2c(F)c[c]c(Oc3ccc(CCCC)cc3)c2F)cc1. The number of hydrogen-bond acceptors (Lipinski definition) is 2. The molecule has 6 heteroatoms. The van der Waals surface area contributed by atoms with Crippen LogP contribution >= 0.6 is 0 Å². The zero-order chi connectivity index (χ0) is 24.6. The Bertz CT molecular complexity index is 1050. The van der Waals surface area contributed by atoms with Gasteiger partial charge in [-0.05, 0) is 67.1 Å². The van der Waals surface area contributed by atoms with Gasteiger partial charge in [-0.2, -0.15) is 8.78 Å². The molecule has 3 aromatic rings. The second-order valence-electron chi connectivity index (χ2n) is 8.22. The summed E-state index contributed by atoms with van der Waals surface area (Å²) in [5, 5.41) is 0. The van der Waals surface area contributed by atoms with Crippen LogP contribution in [-0.4, -0.2) is 0 Å². The predicted molar refractivity (Wildman–Crippen MR) is 125 cm³/mol. The molecule has 0 unspecified atom stereocenters. The molecule has 34 heavy (non-hydrogen) atoms. The molecule has 181 valence electrons. The smallest absolute Gasteiger partial charge is 0.432 e. The first kappa shape index (κ1) is 25.6. The van der Waals surface area contributed by atoms with Gasteiger partial charge >= 0.3 is 6.11 Å². The molecule has 1 radical (unpaired) electrons. The van der Waals surface area contributed by atoms with E-state index < -0.39 is 29.1 Å². The Morgan fingerprint density at radius 1 is 0.765 bits per heavy atom. The molecule has 3 rings (SSSR count). The normalized spacial score (nSPS) is 11.5. The molecule has 0 aliphatic rings. The van der Waals surface area contributed by atoms with Gasteiger partial charge < -0.3 is 9.47 Å². The lowest BCUT2D eigenvalue weighted by Crippen LogP contribution is -2.25.